The van der Waals surface area contributed by atoms with Gasteiger partial charge in [-0.15, -0.1) is 0 Å². The first kappa shape index (κ1) is 15.3. The highest BCUT2D eigenvalue weighted by atomic mass is 16.2. The van der Waals surface area contributed by atoms with Crippen LogP contribution >= 0.6 is 0 Å². The minimum absolute atomic E-state index is 0.229. The van der Waals surface area contributed by atoms with E-state index >= 15 is 0 Å². The number of rotatable bonds is 5. The van der Waals surface area contributed by atoms with E-state index in [1.54, 1.807) is 0 Å². The van der Waals surface area contributed by atoms with Gasteiger partial charge >= 0.3 is 0 Å². The van der Waals surface area contributed by atoms with Gasteiger partial charge in [0.1, 0.15) is 0 Å². The highest BCUT2D eigenvalue weighted by Crippen LogP contribution is 2.23. The molecule has 1 aliphatic carbocycles. The summed E-state index contributed by atoms with van der Waals surface area (Å²) in [7, 11) is 0. The van der Waals surface area contributed by atoms with Gasteiger partial charge in [-0.25, -0.2) is 0 Å². The molecule has 0 atom stereocenters. The minimum atomic E-state index is 0.229. The lowest BCUT2D eigenvalue weighted by Crippen LogP contribution is -2.36. The first-order chi connectivity index (χ1) is 9.77. The molecule has 0 unspecified atom stereocenters. The Bertz CT molecular complexity index is 324. The molecule has 1 aliphatic heterocycles. The van der Waals surface area contributed by atoms with Crippen molar-refractivity contribution in [3.63, 3.8) is 0 Å². The number of hydrogen-bond acceptors (Lipinski definition) is 2. The van der Waals surface area contributed by atoms with Gasteiger partial charge in [-0.1, -0.05) is 25.7 Å². The van der Waals surface area contributed by atoms with Crippen molar-refractivity contribution in [2.24, 2.45) is 5.92 Å². The molecule has 0 aromatic carbocycles. The number of nitrogens with one attached hydrogen (secondary N) is 1. The van der Waals surface area contributed by atoms with Gasteiger partial charge in [0.25, 0.3) is 0 Å². The summed E-state index contributed by atoms with van der Waals surface area (Å²) < 4.78 is 0. The van der Waals surface area contributed by atoms with Gasteiger partial charge in [0.05, 0.1) is 0 Å². The number of carbonyl (C=O) groups is 2. The lowest BCUT2D eigenvalue weighted by Gasteiger charge is -2.22. The SMILES string of the molecule is O=C(NCCCN1CCCCCC1=O)C1CCCCC1. The van der Waals surface area contributed by atoms with Gasteiger partial charge in [0.15, 0.2) is 0 Å². The Balaban J connectivity index is 1.60. The second kappa shape index (κ2) is 8.28. The van der Waals surface area contributed by atoms with E-state index in [0.717, 1.165) is 45.2 Å². The molecule has 1 saturated heterocycles. The van der Waals surface area contributed by atoms with Crippen LogP contribution in [0.3, 0.4) is 0 Å². The molecule has 0 spiro atoms. The van der Waals surface area contributed by atoms with E-state index in [0.29, 0.717) is 18.9 Å². The summed E-state index contributed by atoms with van der Waals surface area (Å²) in [5.41, 5.74) is 0. The maximum Gasteiger partial charge on any atom is 0.223 e. The van der Waals surface area contributed by atoms with Crippen molar-refractivity contribution in [3.05, 3.63) is 0 Å². The van der Waals surface area contributed by atoms with Crippen molar-refractivity contribution >= 4 is 11.8 Å². The topological polar surface area (TPSA) is 49.4 Å². The molecule has 0 aromatic heterocycles. The van der Waals surface area contributed by atoms with Crippen LogP contribution in [0.4, 0.5) is 0 Å². The maximum absolute atomic E-state index is 12.0. The van der Waals surface area contributed by atoms with Crippen LogP contribution in [0.1, 0.15) is 64.2 Å². The lowest BCUT2D eigenvalue weighted by molar-refractivity contribution is -0.130. The number of nitrogens with zero attached hydrogens (tertiary/aromatic N) is 1. The Hall–Kier alpha value is -1.06. The van der Waals surface area contributed by atoms with E-state index in [1.165, 1.54) is 25.7 Å². The van der Waals surface area contributed by atoms with Crippen LogP contribution in [-0.2, 0) is 9.59 Å². The maximum atomic E-state index is 12.0. The zero-order valence-corrected chi connectivity index (χ0v) is 12.5. The summed E-state index contributed by atoms with van der Waals surface area (Å²) in [6.07, 6.45) is 10.7. The number of likely N-dealkylation sites (tertiary alicyclic amines) is 1. The van der Waals surface area contributed by atoms with Crippen LogP contribution in [0, 0.1) is 5.92 Å². The Morgan fingerprint density at radius 2 is 1.85 bits per heavy atom. The predicted molar refractivity (Wildman–Crippen MR) is 79.2 cm³/mol. The first-order valence-corrected chi connectivity index (χ1v) is 8.33. The summed E-state index contributed by atoms with van der Waals surface area (Å²) in [6, 6.07) is 0. The fraction of sp³-hybridized carbons (Fsp3) is 0.875. The molecule has 1 saturated carbocycles. The standard InChI is InChI=1S/C16H28N2O2/c19-15-10-5-2-6-12-18(15)13-7-11-17-16(20)14-8-3-1-4-9-14/h14H,1-13H2,(H,17,20). The van der Waals surface area contributed by atoms with Crippen molar-refractivity contribution in [1.82, 2.24) is 10.2 Å². The molecule has 2 fully saturated rings. The molecule has 2 aliphatic rings. The van der Waals surface area contributed by atoms with Crippen LogP contribution in [0.25, 0.3) is 0 Å². The third-order valence-electron chi connectivity index (χ3n) is 4.55. The third-order valence-corrected chi connectivity index (χ3v) is 4.55. The summed E-state index contributed by atoms with van der Waals surface area (Å²) >= 11 is 0. The fourth-order valence-electron chi connectivity index (χ4n) is 3.27. The van der Waals surface area contributed by atoms with E-state index in [1.807, 2.05) is 4.90 Å². The number of amides is 2. The van der Waals surface area contributed by atoms with Gasteiger partial charge in [0.2, 0.25) is 11.8 Å². The molecule has 1 heterocycles. The Labute approximate surface area is 122 Å². The van der Waals surface area contributed by atoms with Gasteiger partial charge < -0.3 is 10.2 Å². The fourth-order valence-corrected chi connectivity index (χ4v) is 3.27. The highest BCUT2D eigenvalue weighted by Gasteiger charge is 2.20. The van der Waals surface area contributed by atoms with Crippen molar-refractivity contribution in [2.75, 3.05) is 19.6 Å². The quantitative estimate of drug-likeness (QED) is 0.787. The summed E-state index contributed by atoms with van der Waals surface area (Å²) in [5, 5.41) is 3.05. The van der Waals surface area contributed by atoms with Crippen molar-refractivity contribution < 1.29 is 9.59 Å². The summed E-state index contributed by atoms with van der Waals surface area (Å²) in [5.74, 6) is 0.761. The third kappa shape index (κ3) is 4.80. The van der Waals surface area contributed by atoms with Gasteiger partial charge in [-0.05, 0) is 32.1 Å². The summed E-state index contributed by atoms with van der Waals surface area (Å²) in [4.78, 5) is 25.8. The second-order valence-electron chi connectivity index (χ2n) is 6.17. The molecule has 1 N–H and O–H groups in total. The monoisotopic (exact) mass is 280 g/mol. The average Bonchev–Trinajstić information content (AvgIpc) is 2.69. The first-order valence-electron chi connectivity index (χ1n) is 8.33. The normalized spacial score (nSPS) is 21.6. The second-order valence-corrected chi connectivity index (χ2v) is 6.17. The Kier molecular flexibility index (Phi) is 6.34. The van der Waals surface area contributed by atoms with Crippen LogP contribution in [0.5, 0.6) is 0 Å². The van der Waals surface area contributed by atoms with E-state index in [9.17, 15) is 9.59 Å². The van der Waals surface area contributed by atoms with Crippen molar-refractivity contribution in [3.8, 4) is 0 Å². The van der Waals surface area contributed by atoms with Crippen LogP contribution in [0.2, 0.25) is 0 Å². The molecule has 20 heavy (non-hydrogen) atoms. The minimum Gasteiger partial charge on any atom is -0.356 e. The summed E-state index contributed by atoms with van der Waals surface area (Å²) in [6.45, 7) is 2.40. The molecular weight excluding hydrogens is 252 g/mol. The van der Waals surface area contributed by atoms with Gasteiger partial charge in [0, 0.05) is 32.0 Å². The largest absolute Gasteiger partial charge is 0.356 e. The highest BCUT2D eigenvalue weighted by molar-refractivity contribution is 5.78. The van der Waals surface area contributed by atoms with E-state index < -0.39 is 0 Å². The molecule has 2 amide bonds. The van der Waals surface area contributed by atoms with E-state index in [-0.39, 0.29) is 11.8 Å². The zero-order chi connectivity index (χ0) is 14.2. The Morgan fingerprint density at radius 1 is 1.10 bits per heavy atom. The zero-order valence-electron chi connectivity index (χ0n) is 12.5. The van der Waals surface area contributed by atoms with Gasteiger partial charge in [-0.2, -0.15) is 0 Å². The molecule has 2 rings (SSSR count). The lowest BCUT2D eigenvalue weighted by atomic mass is 9.89. The average molecular weight is 280 g/mol. The van der Waals surface area contributed by atoms with Crippen molar-refractivity contribution in [1.29, 1.82) is 0 Å². The Morgan fingerprint density at radius 3 is 2.65 bits per heavy atom. The van der Waals surface area contributed by atoms with Crippen LogP contribution < -0.4 is 5.32 Å². The molecule has 114 valence electrons. The molecule has 4 nitrogen and oxygen atoms in total. The molecule has 0 bridgehead atoms. The number of carbonyl (C=O) groups excluding carboxylic acids is 2. The van der Waals surface area contributed by atoms with E-state index in [4.69, 9.17) is 0 Å². The molecular formula is C16H28N2O2. The molecule has 0 aromatic rings. The molecule has 4 heteroatoms. The molecule has 0 radical (unpaired) electrons. The smallest absolute Gasteiger partial charge is 0.223 e. The van der Waals surface area contributed by atoms with Crippen molar-refractivity contribution in [2.45, 2.75) is 64.2 Å². The van der Waals surface area contributed by atoms with Crippen LogP contribution in [0.15, 0.2) is 0 Å². The van der Waals surface area contributed by atoms with Gasteiger partial charge in [-0.3, -0.25) is 9.59 Å². The van der Waals surface area contributed by atoms with Crippen LogP contribution in [-0.4, -0.2) is 36.3 Å². The predicted octanol–water partition coefficient (Wildman–Crippen LogP) is 2.48. The number of hydrogen-bond donors (Lipinski definition) is 1. The van der Waals surface area contributed by atoms with E-state index in [2.05, 4.69) is 5.32 Å².